The number of hydrogen-bond acceptors (Lipinski definition) is 8. The highest BCUT2D eigenvalue weighted by molar-refractivity contribution is 7.86. The Morgan fingerprint density at radius 2 is 0.421 bits per heavy atom. The van der Waals surface area contributed by atoms with Gasteiger partial charge in [-0.1, -0.05) is 107 Å². The van der Waals surface area contributed by atoms with Crippen molar-refractivity contribution >= 4 is 67.0 Å². The van der Waals surface area contributed by atoms with E-state index in [0.717, 1.165) is 63.7 Å². The molecule has 5 aromatic rings. The summed E-state index contributed by atoms with van der Waals surface area (Å²) in [4.78, 5) is 15.2. The highest BCUT2D eigenvalue weighted by Crippen LogP contribution is 2.41. The van der Waals surface area contributed by atoms with Gasteiger partial charge in [0.15, 0.2) is 0 Å². The Kier molecular flexibility index (Phi) is 28.0. The van der Waals surface area contributed by atoms with Crippen LogP contribution in [-0.4, -0.2) is 70.8 Å². The zero-order valence-electron chi connectivity index (χ0n) is 47.5. The summed E-state index contributed by atoms with van der Waals surface area (Å²) < 4.78 is 57.5. The normalized spacial score (nSPS) is 11.5. The van der Waals surface area contributed by atoms with Crippen molar-refractivity contribution in [2.45, 2.75) is 164 Å². The lowest BCUT2D eigenvalue weighted by atomic mass is 10.1. The minimum absolute atomic E-state index is 1.10. The smallest absolute Gasteiger partial charge is 0.372 e. The van der Waals surface area contributed by atoms with Crippen LogP contribution in [0.25, 0.3) is 0 Å². The Morgan fingerprint density at radius 3 is 0.526 bits per heavy atom. The van der Waals surface area contributed by atoms with E-state index in [1.54, 1.807) is 0 Å². The highest BCUT2D eigenvalue weighted by Gasteiger charge is 2.44. The molecule has 0 saturated carbocycles. The molecule has 0 bridgehead atoms. The predicted octanol–water partition coefficient (Wildman–Crippen LogP) is 18.6. The summed E-state index contributed by atoms with van der Waals surface area (Å²) in [5.41, 5.74) is 6.69. The molecule has 13 heteroatoms. The third kappa shape index (κ3) is 19.9. The summed E-state index contributed by atoms with van der Waals surface area (Å²) in [6, 6.07) is 46.7. The van der Waals surface area contributed by atoms with Crippen molar-refractivity contribution in [2.75, 3.05) is 81.8 Å². The van der Waals surface area contributed by atoms with E-state index in [2.05, 4.69) is 206 Å². The molecule has 0 aliphatic heterocycles. The Morgan fingerprint density at radius 1 is 0.303 bits per heavy atom. The second-order valence-electron chi connectivity index (χ2n) is 20.0. The molecule has 5 rings (SSSR count). The fourth-order valence-corrected chi connectivity index (χ4v) is 9.17. The average Bonchev–Trinajstić information content (AvgIpc) is 3.42. The van der Waals surface area contributed by atoms with Crippen molar-refractivity contribution < 1.29 is 26.1 Å². The molecular formula is C63H93F3N6O3S. The SMILES string of the molecule is CCCCN(CCCC)c1ccc(N(c2ccc(N(CCCC)CCCC)cc2)c2ccc(N(c3ccc(N(CCCC)CCCC)cc3)c3ccc(N(CCCC)CCCC)cc3)cc2)cc1.O=S(=O)(O)C(F)(F)F. The Bertz CT molecular complexity index is 2110. The zero-order valence-corrected chi connectivity index (χ0v) is 48.3. The maximum Gasteiger partial charge on any atom is 0.522 e. The lowest BCUT2D eigenvalue weighted by Crippen LogP contribution is -2.25. The second-order valence-corrected chi connectivity index (χ2v) is 21.4. The van der Waals surface area contributed by atoms with Crippen molar-refractivity contribution in [3.05, 3.63) is 121 Å². The van der Waals surface area contributed by atoms with E-state index in [-0.39, 0.29) is 0 Å². The van der Waals surface area contributed by atoms with Crippen LogP contribution >= 0.6 is 0 Å². The number of benzene rings is 5. The molecule has 5 aromatic carbocycles. The largest absolute Gasteiger partial charge is 0.522 e. The fourth-order valence-electron chi connectivity index (χ4n) is 9.17. The van der Waals surface area contributed by atoms with E-state index in [0.29, 0.717) is 0 Å². The summed E-state index contributed by atoms with van der Waals surface area (Å²) in [5, 5.41) is 0. The number of halogens is 3. The molecule has 0 aromatic heterocycles. The van der Waals surface area contributed by atoms with Crippen molar-refractivity contribution in [2.24, 2.45) is 0 Å². The van der Waals surface area contributed by atoms with Crippen LogP contribution in [0.4, 0.5) is 70.0 Å². The Labute approximate surface area is 457 Å². The van der Waals surface area contributed by atoms with E-state index in [9.17, 15) is 13.2 Å². The fraction of sp³-hybridized carbons (Fsp3) is 0.524. The highest BCUT2D eigenvalue weighted by atomic mass is 32.2. The lowest BCUT2D eigenvalue weighted by Gasteiger charge is -2.31. The van der Waals surface area contributed by atoms with Gasteiger partial charge in [-0.05, 0) is 173 Å². The molecule has 0 spiro atoms. The number of hydrogen-bond donors (Lipinski definition) is 1. The van der Waals surface area contributed by atoms with Crippen molar-refractivity contribution in [3.8, 4) is 0 Å². The van der Waals surface area contributed by atoms with E-state index in [4.69, 9.17) is 13.0 Å². The van der Waals surface area contributed by atoms with Crippen molar-refractivity contribution in [1.29, 1.82) is 0 Å². The van der Waals surface area contributed by atoms with Gasteiger partial charge in [0, 0.05) is 109 Å². The molecule has 0 unspecified atom stereocenters. The number of anilines is 10. The molecule has 76 heavy (non-hydrogen) atoms. The zero-order chi connectivity index (χ0) is 55.4. The van der Waals surface area contributed by atoms with E-state index < -0.39 is 15.6 Å². The lowest BCUT2D eigenvalue weighted by molar-refractivity contribution is -0.0510. The minimum atomic E-state index is -5.84. The van der Waals surface area contributed by atoms with Crippen LogP contribution in [-0.2, 0) is 10.1 Å². The van der Waals surface area contributed by atoms with Crippen LogP contribution in [0, 0.1) is 0 Å². The minimum Gasteiger partial charge on any atom is -0.372 e. The first kappa shape index (κ1) is 63.1. The molecule has 9 nitrogen and oxygen atoms in total. The van der Waals surface area contributed by atoms with E-state index in [1.165, 1.54) is 148 Å². The number of unbranched alkanes of at least 4 members (excludes halogenated alkanes) is 8. The molecule has 0 aliphatic rings. The summed E-state index contributed by atoms with van der Waals surface area (Å²) in [7, 11) is -5.84. The third-order valence-electron chi connectivity index (χ3n) is 13.8. The summed E-state index contributed by atoms with van der Waals surface area (Å²) >= 11 is 0. The van der Waals surface area contributed by atoms with Gasteiger partial charge in [-0.15, -0.1) is 0 Å². The molecular weight excluding hydrogens is 978 g/mol. The number of nitrogens with zero attached hydrogens (tertiary/aromatic N) is 6. The second kappa shape index (κ2) is 33.7. The first-order valence-corrected chi connectivity index (χ1v) is 30.3. The van der Waals surface area contributed by atoms with Gasteiger partial charge in [0.05, 0.1) is 0 Å². The van der Waals surface area contributed by atoms with Gasteiger partial charge >= 0.3 is 15.6 Å². The van der Waals surface area contributed by atoms with Crippen LogP contribution < -0.4 is 29.4 Å². The van der Waals surface area contributed by atoms with Crippen LogP contribution in [0.15, 0.2) is 121 Å². The van der Waals surface area contributed by atoms with Gasteiger partial charge in [-0.3, -0.25) is 4.55 Å². The summed E-state index contributed by atoms with van der Waals surface area (Å²) in [6.07, 6.45) is 19.3. The molecule has 0 aliphatic carbocycles. The maximum absolute atomic E-state index is 10.7. The topological polar surface area (TPSA) is 73.8 Å². The van der Waals surface area contributed by atoms with Crippen LogP contribution in [0.1, 0.15) is 158 Å². The summed E-state index contributed by atoms with van der Waals surface area (Å²) in [5.74, 6) is 0. The molecule has 0 atom stereocenters. The van der Waals surface area contributed by atoms with Crippen molar-refractivity contribution in [1.82, 2.24) is 0 Å². The van der Waals surface area contributed by atoms with Gasteiger partial charge in [0.25, 0.3) is 0 Å². The molecule has 0 heterocycles. The first-order chi connectivity index (χ1) is 36.7. The molecule has 0 saturated heterocycles. The average molecular weight is 1070 g/mol. The van der Waals surface area contributed by atoms with Crippen LogP contribution in [0.2, 0.25) is 0 Å². The molecule has 0 radical (unpaired) electrons. The quantitative estimate of drug-likeness (QED) is 0.0320. The number of rotatable bonds is 34. The molecule has 420 valence electrons. The van der Waals surface area contributed by atoms with Gasteiger partial charge < -0.3 is 29.4 Å². The maximum atomic E-state index is 10.7. The Hall–Kier alpha value is -5.40. The third-order valence-corrected chi connectivity index (χ3v) is 14.4. The molecule has 0 fully saturated rings. The van der Waals surface area contributed by atoms with E-state index >= 15 is 0 Å². The van der Waals surface area contributed by atoms with Gasteiger partial charge in [-0.25, -0.2) is 0 Å². The molecule has 1 N–H and O–H groups in total. The number of alkyl halides is 3. The van der Waals surface area contributed by atoms with E-state index in [1.807, 2.05) is 0 Å². The van der Waals surface area contributed by atoms with Gasteiger partial charge in [0.2, 0.25) is 0 Å². The van der Waals surface area contributed by atoms with Crippen LogP contribution in [0.3, 0.4) is 0 Å². The Balaban J connectivity index is 0.00000144. The van der Waals surface area contributed by atoms with Gasteiger partial charge in [-0.2, -0.15) is 21.6 Å². The first-order valence-electron chi connectivity index (χ1n) is 28.8. The molecule has 0 amide bonds. The standard InChI is InChI=1S/C62H92N6.CHF3O3S/c1-9-17-45-63(46-18-10-2)53-25-33-57(34-26-53)67(58-35-27-54(28-36-58)64(47-19-11-3)48-20-12-4)61-41-43-62(44-42-61)68(59-37-29-55(30-38-59)65(49-21-13-5)50-22-14-6)60-39-31-56(32-40-60)66(51-23-15-7)52-24-16-8;2-1(3,4)8(5,6)7/h25-44H,9-24,45-52H2,1-8H3;(H,5,6,7). The predicted molar refractivity (Wildman–Crippen MR) is 322 cm³/mol. The summed E-state index contributed by atoms with van der Waals surface area (Å²) in [6.45, 7) is 27.1. The van der Waals surface area contributed by atoms with Crippen molar-refractivity contribution in [3.63, 3.8) is 0 Å². The monoisotopic (exact) mass is 1070 g/mol. The van der Waals surface area contributed by atoms with Crippen LogP contribution in [0.5, 0.6) is 0 Å². The van der Waals surface area contributed by atoms with Gasteiger partial charge in [0.1, 0.15) is 0 Å².